The van der Waals surface area contributed by atoms with E-state index in [-0.39, 0.29) is 45.5 Å². The molecule has 1 aliphatic carbocycles. The van der Waals surface area contributed by atoms with Gasteiger partial charge in [0.15, 0.2) is 0 Å². The van der Waals surface area contributed by atoms with Gasteiger partial charge in [0.2, 0.25) is 11.8 Å². The molecule has 5 rings (SSSR count). The fraction of sp³-hybridized carbons (Fsp3) is 0.297. The largest absolute Gasteiger partial charge is 0.352 e. The molecular weight excluding hydrogens is 724 g/mol. The maximum Gasteiger partial charge on any atom is 0.264 e. The van der Waals surface area contributed by atoms with E-state index in [4.69, 9.17) is 46.4 Å². The summed E-state index contributed by atoms with van der Waals surface area (Å²) in [6, 6.07) is 24.1. The normalized spacial score (nSPS) is 14.2. The van der Waals surface area contributed by atoms with Crippen LogP contribution in [0.4, 0.5) is 5.69 Å². The summed E-state index contributed by atoms with van der Waals surface area (Å²) in [5, 5.41) is 3.87. The van der Waals surface area contributed by atoms with Crippen molar-refractivity contribution in [3.8, 4) is 0 Å². The SMILES string of the molecule is Cc1ccc(S(=O)(=O)N(CC(=O)N(Cc2c(Cl)cccc2Cl)[C@@H](Cc2ccccc2)C(=O)NC2CCCCC2)c2cccc(Cl)c2Cl)cc1. The van der Waals surface area contributed by atoms with E-state index < -0.39 is 28.5 Å². The molecule has 2 amide bonds. The van der Waals surface area contributed by atoms with Crippen molar-refractivity contribution in [2.45, 2.75) is 69.0 Å². The quantitative estimate of drug-likeness (QED) is 0.156. The number of halogens is 4. The molecule has 0 unspecified atom stereocenters. The maximum atomic E-state index is 14.8. The van der Waals surface area contributed by atoms with Crippen LogP contribution >= 0.6 is 46.4 Å². The predicted molar refractivity (Wildman–Crippen MR) is 198 cm³/mol. The third-order valence-electron chi connectivity index (χ3n) is 8.70. The number of hydrogen-bond acceptors (Lipinski definition) is 4. The van der Waals surface area contributed by atoms with E-state index in [0.717, 1.165) is 47.5 Å². The Morgan fingerprint density at radius 2 is 1.41 bits per heavy atom. The molecule has 7 nitrogen and oxygen atoms in total. The Morgan fingerprint density at radius 3 is 2.06 bits per heavy atom. The standard InChI is InChI=1S/C37H37Cl4N3O4S/c1-25-18-20-28(21-19-25)49(47,48)44(33-17-9-16-32(40)36(33)41)24-35(45)43(23-29-30(38)14-8-15-31(29)39)34(22-26-10-4-2-5-11-26)37(46)42-27-12-6-3-7-13-27/h2,4-5,8-11,14-21,27,34H,3,6-7,12-13,22-24H2,1H3,(H,42,46)/t34-/m0/s1. The highest BCUT2D eigenvalue weighted by Crippen LogP contribution is 2.36. The highest BCUT2D eigenvalue weighted by molar-refractivity contribution is 7.92. The van der Waals surface area contributed by atoms with Gasteiger partial charge in [0.25, 0.3) is 10.0 Å². The first-order chi connectivity index (χ1) is 23.5. The first kappa shape index (κ1) is 37.0. The number of aryl methyl sites for hydroxylation is 1. The minimum Gasteiger partial charge on any atom is -0.352 e. The van der Waals surface area contributed by atoms with E-state index in [1.54, 1.807) is 36.4 Å². The number of nitrogens with one attached hydrogen (secondary N) is 1. The zero-order valence-corrected chi connectivity index (χ0v) is 30.8. The Morgan fingerprint density at radius 1 is 0.796 bits per heavy atom. The molecule has 1 fully saturated rings. The lowest BCUT2D eigenvalue weighted by Gasteiger charge is -2.35. The molecule has 4 aromatic carbocycles. The molecular formula is C37H37Cl4N3O4S. The number of nitrogens with zero attached hydrogens (tertiary/aromatic N) is 2. The van der Waals surface area contributed by atoms with Gasteiger partial charge < -0.3 is 10.2 Å². The lowest BCUT2D eigenvalue weighted by atomic mass is 9.94. The summed E-state index contributed by atoms with van der Waals surface area (Å²) in [5.74, 6) is -1.01. The minimum atomic E-state index is -4.37. The zero-order valence-electron chi connectivity index (χ0n) is 26.9. The zero-order chi connectivity index (χ0) is 35.1. The van der Waals surface area contributed by atoms with Gasteiger partial charge in [-0.2, -0.15) is 0 Å². The van der Waals surface area contributed by atoms with Gasteiger partial charge in [-0.3, -0.25) is 13.9 Å². The van der Waals surface area contributed by atoms with Crippen LogP contribution < -0.4 is 9.62 Å². The van der Waals surface area contributed by atoms with Crippen LogP contribution in [0, 0.1) is 6.92 Å². The van der Waals surface area contributed by atoms with E-state index in [1.165, 1.54) is 29.2 Å². The van der Waals surface area contributed by atoms with Gasteiger partial charge in [0.1, 0.15) is 12.6 Å². The smallest absolute Gasteiger partial charge is 0.264 e. The van der Waals surface area contributed by atoms with E-state index in [2.05, 4.69) is 5.32 Å². The van der Waals surface area contributed by atoms with Crippen molar-refractivity contribution in [1.82, 2.24) is 10.2 Å². The molecule has 1 saturated carbocycles. The van der Waals surface area contributed by atoms with E-state index >= 15 is 0 Å². The van der Waals surface area contributed by atoms with E-state index in [0.29, 0.717) is 15.6 Å². The predicted octanol–water partition coefficient (Wildman–Crippen LogP) is 8.89. The van der Waals surface area contributed by atoms with Gasteiger partial charge >= 0.3 is 0 Å². The summed E-state index contributed by atoms with van der Waals surface area (Å²) in [5.41, 5.74) is 2.12. The minimum absolute atomic E-state index is 0.0186. The number of hydrogen-bond donors (Lipinski definition) is 1. The van der Waals surface area contributed by atoms with Crippen LogP contribution in [0.1, 0.15) is 48.8 Å². The number of anilines is 1. The van der Waals surface area contributed by atoms with E-state index in [9.17, 15) is 18.0 Å². The van der Waals surface area contributed by atoms with Crippen molar-refractivity contribution in [2.75, 3.05) is 10.8 Å². The molecule has 12 heteroatoms. The summed E-state index contributed by atoms with van der Waals surface area (Å²) in [6.07, 6.45) is 4.94. The van der Waals surface area contributed by atoms with Gasteiger partial charge in [-0.05, 0) is 61.7 Å². The molecule has 4 aromatic rings. The fourth-order valence-corrected chi connectivity index (χ4v) is 8.38. The number of carbonyl (C=O) groups is 2. The van der Waals surface area contributed by atoms with E-state index in [1.807, 2.05) is 37.3 Å². The van der Waals surface area contributed by atoms with Gasteiger partial charge in [-0.15, -0.1) is 0 Å². The Hall–Kier alpha value is -3.27. The van der Waals surface area contributed by atoms with Crippen LogP contribution in [0.15, 0.2) is 95.9 Å². The molecule has 258 valence electrons. The number of benzene rings is 4. The monoisotopic (exact) mass is 759 g/mol. The third kappa shape index (κ3) is 9.10. The third-order valence-corrected chi connectivity index (χ3v) is 12.0. The second kappa shape index (κ2) is 16.6. The van der Waals surface area contributed by atoms with Crippen LogP contribution in [0.3, 0.4) is 0 Å². The summed E-state index contributed by atoms with van der Waals surface area (Å²) in [6.45, 7) is 0.990. The molecule has 0 bridgehead atoms. The van der Waals surface area contributed by atoms with Crippen LogP contribution in [0.2, 0.25) is 20.1 Å². The molecule has 1 aliphatic rings. The van der Waals surface area contributed by atoms with Crippen LogP contribution in [-0.4, -0.2) is 43.8 Å². The van der Waals surface area contributed by atoms with Crippen molar-refractivity contribution < 1.29 is 18.0 Å². The highest BCUT2D eigenvalue weighted by Gasteiger charge is 2.36. The van der Waals surface area contributed by atoms with Crippen molar-refractivity contribution in [2.24, 2.45) is 0 Å². The van der Waals surface area contributed by atoms with Crippen molar-refractivity contribution >= 4 is 73.9 Å². The Bertz CT molecular complexity index is 1870. The second-order valence-corrected chi connectivity index (χ2v) is 15.6. The molecule has 0 aliphatic heterocycles. The van der Waals surface area contributed by atoms with Gasteiger partial charge in [0.05, 0.1) is 20.6 Å². The van der Waals surface area contributed by atoms with Crippen LogP contribution in [0.5, 0.6) is 0 Å². The van der Waals surface area contributed by atoms with Gasteiger partial charge in [0, 0.05) is 34.6 Å². The molecule has 0 saturated heterocycles. The topological polar surface area (TPSA) is 86.8 Å². The van der Waals surface area contributed by atoms with Gasteiger partial charge in [-0.1, -0.05) is 126 Å². The summed E-state index contributed by atoms with van der Waals surface area (Å²) in [4.78, 5) is 30.4. The Balaban J connectivity index is 1.61. The van der Waals surface area contributed by atoms with Crippen LogP contribution in [-0.2, 0) is 32.6 Å². The first-order valence-corrected chi connectivity index (χ1v) is 19.0. The molecule has 0 spiro atoms. The summed E-state index contributed by atoms with van der Waals surface area (Å²) < 4.78 is 29.6. The molecule has 49 heavy (non-hydrogen) atoms. The first-order valence-electron chi connectivity index (χ1n) is 16.1. The van der Waals surface area contributed by atoms with Crippen molar-refractivity contribution in [3.05, 3.63) is 128 Å². The highest BCUT2D eigenvalue weighted by atomic mass is 35.5. The molecule has 0 heterocycles. The van der Waals surface area contributed by atoms with Crippen molar-refractivity contribution in [1.29, 1.82) is 0 Å². The average Bonchev–Trinajstić information content (AvgIpc) is 3.08. The number of sulfonamides is 1. The Kier molecular flexibility index (Phi) is 12.6. The molecule has 0 radical (unpaired) electrons. The molecule has 0 aromatic heterocycles. The number of carbonyl (C=O) groups excluding carboxylic acids is 2. The van der Waals surface area contributed by atoms with Crippen molar-refractivity contribution in [3.63, 3.8) is 0 Å². The summed E-state index contributed by atoms with van der Waals surface area (Å²) in [7, 11) is -4.37. The van der Waals surface area contributed by atoms with Gasteiger partial charge in [-0.25, -0.2) is 8.42 Å². The molecule has 1 N–H and O–H groups in total. The lowest BCUT2D eigenvalue weighted by Crippen LogP contribution is -2.55. The summed E-state index contributed by atoms with van der Waals surface area (Å²) >= 11 is 26.2. The maximum absolute atomic E-state index is 14.8. The number of rotatable bonds is 12. The fourth-order valence-electron chi connectivity index (χ4n) is 5.99. The number of amides is 2. The average molecular weight is 762 g/mol. The Labute approximate surface area is 308 Å². The molecule has 1 atom stereocenters. The lowest BCUT2D eigenvalue weighted by molar-refractivity contribution is -0.140. The second-order valence-electron chi connectivity index (χ2n) is 12.2. The van der Waals surface area contributed by atoms with Crippen LogP contribution in [0.25, 0.3) is 0 Å².